The summed E-state index contributed by atoms with van der Waals surface area (Å²) >= 11 is 0. The molecular formula is C24H27N3O3. The zero-order valence-corrected chi connectivity index (χ0v) is 17.4. The highest BCUT2D eigenvalue weighted by molar-refractivity contribution is 6.04. The van der Waals surface area contributed by atoms with Crippen molar-refractivity contribution in [1.82, 2.24) is 4.90 Å². The summed E-state index contributed by atoms with van der Waals surface area (Å²) in [6, 6.07) is 16.0. The number of likely N-dealkylation sites (N-methyl/N-ethyl adjacent to an activating group) is 1. The maximum atomic E-state index is 13.2. The van der Waals surface area contributed by atoms with E-state index in [9.17, 15) is 14.4 Å². The molecule has 1 aliphatic carbocycles. The van der Waals surface area contributed by atoms with E-state index in [1.807, 2.05) is 37.3 Å². The number of hydrogen-bond donors (Lipinski definition) is 1. The van der Waals surface area contributed by atoms with Gasteiger partial charge in [-0.3, -0.25) is 14.4 Å². The molecule has 0 bridgehead atoms. The largest absolute Gasteiger partial charge is 0.327 e. The first-order chi connectivity index (χ1) is 14.5. The molecule has 3 amide bonds. The van der Waals surface area contributed by atoms with Crippen LogP contribution >= 0.6 is 0 Å². The van der Waals surface area contributed by atoms with Crippen LogP contribution < -0.4 is 10.2 Å². The maximum Gasteiger partial charge on any atom is 0.254 e. The topological polar surface area (TPSA) is 69.7 Å². The first-order valence-electron chi connectivity index (χ1n) is 10.6. The van der Waals surface area contributed by atoms with Crippen molar-refractivity contribution in [2.45, 2.75) is 32.7 Å². The van der Waals surface area contributed by atoms with Crippen molar-refractivity contribution in [1.29, 1.82) is 0 Å². The number of anilines is 2. The molecule has 2 aromatic carbocycles. The van der Waals surface area contributed by atoms with Gasteiger partial charge < -0.3 is 15.1 Å². The molecule has 4 rings (SSSR count). The Kier molecular flexibility index (Phi) is 5.57. The van der Waals surface area contributed by atoms with Crippen LogP contribution in [0.5, 0.6) is 0 Å². The molecule has 6 heteroatoms. The predicted octanol–water partition coefficient (Wildman–Crippen LogP) is 3.55. The molecule has 0 radical (unpaired) electrons. The van der Waals surface area contributed by atoms with Crippen LogP contribution in [0.15, 0.2) is 54.6 Å². The summed E-state index contributed by atoms with van der Waals surface area (Å²) in [5.41, 5.74) is 1.95. The summed E-state index contributed by atoms with van der Waals surface area (Å²) < 4.78 is 0. The van der Waals surface area contributed by atoms with Gasteiger partial charge in [0.1, 0.15) is 6.04 Å². The summed E-state index contributed by atoms with van der Waals surface area (Å²) in [6.45, 7) is 4.97. The molecule has 156 valence electrons. The minimum absolute atomic E-state index is 0.00363. The lowest BCUT2D eigenvalue weighted by Crippen LogP contribution is -2.45. The molecule has 2 aliphatic rings. The zero-order valence-electron chi connectivity index (χ0n) is 17.4. The van der Waals surface area contributed by atoms with Crippen molar-refractivity contribution < 1.29 is 14.4 Å². The molecule has 1 N–H and O–H groups in total. The van der Waals surface area contributed by atoms with E-state index in [2.05, 4.69) is 12.2 Å². The van der Waals surface area contributed by atoms with Gasteiger partial charge in [0.15, 0.2) is 0 Å². The summed E-state index contributed by atoms with van der Waals surface area (Å²) in [7, 11) is 0. The van der Waals surface area contributed by atoms with E-state index in [1.54, 1.807) is 34.1 Å². The Morgan fingerprint density at radius 3 is 2.53 bits per heavy atom. The van der Waals surface area contributed by atoms with Gasteiger partial charge in [0.05, 0.1) is 0 Å². The van der Waals surface area contributed by atoms with E-state index in [0.717, 1.165) is 12.1 Å². The second kappa shape index (κ2) is 8.30. The highest BCUT2D eigenvalue weighted by atomic mass is 16.2. The number of nitrogens with one attached hydrogen (secondary N) is 1. The quantitative estimate of drug-likeness (QED) is 0.799. The van der Waals surface area contributed by atoms with Crippen molar-refractivity contribution in [2.24, 2.45) is 11.8 Å². The molecule has 6 nitrogen and oxygen atoms in total. The smallest absolute Gasteiger partial charge is 0.254 e. The molecule has 0 unspecified atom stereocenters. The molecule has 30 heavy (non-hydrogen) atoms. The van der Waals surface area contributed by atoms with E-state index >= 15 is 0 Å². The molecule has 3 atom stereocenters. The fourth-order valence-electron chi connectivity index (χ4n) is 4.14. The Balaban J connectivity index is 1.48. The molecule has 1 aliphatic heterocycles. The SMILES string of the molecule is CCN(C(=O)c1cccc(NC(=O)[C@@H]2C[C@H]2C)c1)[C@@H]1CCN(c2ccccc2)C1=O. The summed E-state index contributed by atoms with van der Waals surface area (Å²) in [6.07, 6.45) is 1.51. The molecule has 1 saturated heterocycles. The third-order valence-corrected chi connectivity index (χ3v) is 6.05. The normalized spacial score (nSPS) is 22.7. The molecule has 1 saturated carbocycles. The second-order valence-electron chi connectivity index (χ2n) is 8.11. The van der Waals surface area contributed by atoms with Gasteiger partial charge in [-0.05, 0) is 56.0 Å². The van der Waals surface area contributed by atoms with E-state index < -0.39 is 6.04 Å². The predicted molar refractivity (Wildman–Crippen MR) is 116 cm³/mol. The number of benzene rings is 2. The molecular weight excluding hydrogens is 378 g/mol. The summed E-state index contributed by atoms with van der Waals surface area (Å²) in [5.74, 6) is 0.247. The lowest BCUT2D eigenvalue weighted by Gasteiger charge is -2.27. The zero-order chi connectivity index (χ0) is 21.3. The Morgan fingerprint density at radius 2 is 1.87 bits per heavy atom. The van der Waals surface area contributed by atoms with Gasteiger partial charge in [0.2, 0.25) is 11.8 Å². The van der Waals surface area contributed by atoms with E-state index in [1.165, 1.54) is 0 Å². The van der Waals surface area contributed by atoms with Gasteiger partial charge in [-0.1, -0.05) is 31.2 Å². The standard InChI is InChI=1S/C24H27N3O3/c1-3-26(21-12-13-27(24(21)30)19-10-5-4-6-11-19)23(29)17-8-7-9-18(15-17)25-22(28)20-14-16(20)2/h4-11,15-16,20-21H,3,12-14H2,1-2H3,(H,25,28)/t16-,20-,21-/m1/s1. The summed E-state index contributed by atoms with van der Waals surface area (Å²) in [4.78, 5) is 41.9. The minimum Gasteiger partial charge on any atom is -0.327 e. The van der Waals surface area contributed by atoms with E-state index in [4.69, 9.17) is 0 Å². The number of carbonyl (C=O) groups is 3. The Bertz CT molecular complexity index is 959. The van der Waals surface area contributed by atoms with Crippen molar-refractivity contribution in [3.63, 3.8) is 0 Å². The number of hydrogen-bond acceptors (Lipinski definition) is 3. The van der Waals surface area contributed by atoms with Crippen molar-refractivity contribution in [3.05, 3.63) is 60.2 Å². The maximum absolute atomic E-state index is 13.2. The fraction of sp³-hybridized carbons (Fsp3) is 0.375. The third kappa shape index (κ3) is 3.95. The number of nitrogens with zero attached hydrogens (tertiary/aromatic N) is 2. The average molecular weight is 405 g/mol. The van der Waals surface area contributed by atoms with E-state index in [0.29, 0.717) is 36.7 Å². The van der Waals surface area contributed by atoms with Crippen molar-refractivity contribution >= 4 is 29.1 Å². The molecule has 2 aromatic rings. The van der Waals surface area contributed by atoms with Crippen LogP contribution in [0, 0.1) is 11.8 Å². The number of para-hydroxylation sites is 1. The Labute approximate surface area is 176 Å². The van der Waals surface area contributed by atoms with Crippen LogP contribution in [-0.2, 0) is 9.59 Å². The number of amides is 3. The Morgan fingerprint density at radius 1 is 1.13 bits per heavy atom. The van der Waals surface area contributed by atoms with Crippen LogP contribution in [0.25, 0.3) is 0 Å². The monoisotopic (exact) mass is 405 g/mol. The average Bonchev–Trinajstić information content (AvgIpc) is 3.39. The minimum atomic E-state index is -0.478. The fourth-order valence-corrected chi connectivity index (χ4v) is 4.14. The lowest BCUT2D eigenvalue weighted by molar-refractivity contribution is -0.121. The van der Waals surface area contributed by atoms with Crippen LogP contribution in [0.4, 0.5) is 11.4 Å². The van der Waals surface area contributed by atoms with Crippen LogP contribution in [-0.4, -0.2) is 41.8 Å². The highest BCUT2D eigenvalue weighted by Crippen LogP contribution is 2.38. The molecule has 1 heterocycles. The number of carbonyl (C=O) groups excluding carboxylic acids is 3. The molecule has 2 fully saturated rings. The molecule has 0 spiro atoms. The van der Waals surface area contributed by atoms with Crippen molar-refractivity contribution in [2.75, 3.05) is 23.3 Å². The van der Waals surface area contributed by atoms with Gasteiger partial charge in [-0.2, -0.15) is 0 Å². The van der Waals surface area contributed by atoms with Gasteiger partial charge in [0.25, 0.3) is 5.91 Å². The van der Waals surface area contributed by atoms with Crippen LogP contribution in [0.1, 0.15) is 37.0 Å². The second-order valence-corrected chi connectivity index (χ2v) is 8.11. The Hall–Kier alpha value is -3.15. The number of rotatable bonds is 6. The van der Waals surface area contributed by atoms with E-state index in [-0.39, 0.29) is 23.6 Å². The van der Waals surface area contributed by atoms with Gasteiger partial charge >= 0.3 is 0 Å². The lowest BCUT2D eigenvalue weighted by atomic mass is 10.1. The molecule has 0 aromatic heterocycles. The summed E-state index contributed by atoms with van der Waals surface area (Å²) in [5, 5.41) is 2.91. The van der Waals surface area contributed by atoms with Gasteiger partial charge in [-0.25, -0.2) is 0 Å². The van der Waals surface area contributed by atoms with Crippen molar-refractivity contribution in [3.8, 4) is 0 Å². The first-order valence-corrected chi connectivity index (χ1v) is 10.6. The highest BCUT2D eigenvalue weighted by Gasteiger charge is 2.40. The van der Waals surface area contributed by atoms with Gasteiger partial charge in [-0.15, -0.1) is 0 Å². The van der Waals surface area contributed by atoms with Crippen LogP contribution in [0.2, 0.25) is 0 Å². The third-order valence-electron chi connectivity index (χ3n) is 6.05. The van der Waals surface area contributed by atoms with Gasteiger partial charge in [0, 0.05) is 35.9 Å². The van der Waals surface area contributed by atoms with Crippen LogP contribution in [0.3, 0.4) is 0 Å². The first kappa shape index (κ1) is 20.1.